The molecule has 3 nitrogen and oxygen atoms in total. The molecule has 1 N–H and O–H groups in total. The molecule has 0 radical (unpaired) electrons. The summed E-state index contributed by atoms with van der Waals surface area (Å²) in [5.41, 5.74) is 1.78. The van der Waals surface area contributed by atoms with Gasteiger partial charge in [0.1, 0.15) is 0 Å². The molecule has 2 aromatic carbocycles. The number of aryl methyl sites for hydroxylation is 1. The van der Waals surface area contributed by atoms with Gasteiger partial charge in [-0.15, -0.1) is 0 Å². The van der Waals surface area contributed by atoms with Crippen LogP contribution in [0.4, 0.5) is 0 Å². The van der Waals surface area contributed by atoms with Crippen molar-refractivity contribution in [2.75, 3.05) is 0 Å². The number of carboxylic acids is 1. The highest BCUT2D eigenvalue weighted by molar-refractivity contribution is 6.15. The predicted molar refractivity (Wildman–Crippen MR) is 91.1 cm³/mol. The molecular formula is C20H22O3. The summed E-state index contributed by atoms with van der Waals surface area (Å²) in [5.74, 6) is -1.27. The topological polar surface area (TPSA) is 54.4 Å². The molecule has 0 atom stereocenters. The monoisotopic (exact) mass is 310 g/mol. The van der Waals surface area contributed by atoms with E-state index in [9.17, 15) is 14.7 Å². The number of carbonyl (C=O) groups excluding carboxylic acids is 1. The first kappa shape index (κ1) is 16.9. The van der Waals surface area contributed by atoms with Crippen LogP contribution in [0.3, 0.4) is 0 Å². The van der Waals surface area contributed by atoms with Crippen molar-refractivity contribution in [2.45, 2.75) is 39.0 Å². The summed E-state index contributed by atoms with van der Waals surface area (Å²) in [6.45, 7) is 2.15. The smallest absolute Gasteiger partial charge is 0.336 e. The molecule has 0 saturated carbocycles. The Morgan fingerprint density at radius 1 is 0.913 bits per heavy atom. The molecule has 2 aromatic rings. The maximum absolute atomic E-state index is 12.8. The third kappa shape index (κ3) is 4.28. The average Bonchev–Trinajstić information content (AvgIpc) is 2.58. The van der Waals surface area contributed by atoms with Crippen molar-refractivity contribution in [1.82, 2.24) is 0 Å². The molecule has 120 valence electrons. The van der Waals surface area contributed by atoms with Crippen molar-refractivity contribution < 1.29 is 14.7 Å². The molecule has 0 saturated heterocycles. The third-order valence-corrected chi connectivity index (χ3v) is 3.94. The lowest BCUT2D eigenvalue weighted by Crippen LogP contribution is -2.13. The fourth-order valence-electron chi connectivity index (χ4n) is 2.73. The van der Waals surface area contributed by atoms with Crippen molar-refractivity contribution in [2.24, 2.45) is 0 Å². The quantitative estimate of drug-likeness (QED) is 0.566. The standard InChI is InChI=1S/C20H22O3/c1-2-3-4-6-10-15-13-9-14-17(20(22)23)18(15)19(21)16-11-7-5-8-12-16/h5,7-9,11-14H,2-4,6,10H2,1H3,(H,22,23). The molecule has 23 heavy (non-hydrogen) atoms. The molecule has 0 aliphatic heterocycles. The number of hydrogen-bond acceptors (Lipinski definition) is 2. The van der Waals surface area contributed by atoms with E-state index in [1.165, 1.54) is 6.07 Å². The summed E-state index contributed by atoms with van der Waals surface area (Å²) in [7, 11) is 0. The van der Waals surface area contributed by atoms with Crippen LogP contribution in [0.1, 0.15) is 64.4 Å². The fourth-order valence-corrected chi connectivity index (χ4v) is 2.73. The van der Waals surface area contributed by atoms with Crippen LogP contribution in [0.15, 0.2) is 48.5 Å². The van der Waals surface area contributed by atoms with Crippen LogP contribution in [0.2, 0.25) is 0 Å². The average molecular weight is 310 g/mol. The largest absolute Gasteiger partial charge is 0.478 e. The zero-order valence-corrected chi connectivity index (χ0v) is 13.4. The van der Waals surface area contributed by atoms with E-state index in [0.29, 0.717) is 11.1 Å². The second-order valence-corrected chi connectivity index (χ2v) is 5.65. The van der Waals surface area contributed by atoms with Gasteiger partial charge in [-0.3, -0.25) is 4.79 Å². The number of unbranched alkanes of at least 4 members (excludes halogenated alkanes) is 3. The predicted octanol–water partition coefficient (Wildman–Crippen LogP) is 4.74. The highest BCUT2D eigenvalue weighted by atomic mass is 16.4. The molecule has 3 heteroatoms. The van der Waals surface area contributed by atoms with Crippen LogP contribution in [0.25, 0.3) is 0 Å². The summed E-state index contributed by atoms with van der Waals surface area (Å²) < 4.78 is 0. The lowest BCUT2D eigenvalue weighted by Gasteiger charge is -2.12. The van der Waals surface area contributed by atoms with Crippen LogP contribution in [-0.4, -0.2) is 16.9 Å². The van der Waals surface area contributed by atoms with Gasteiger partial charge in [0, 0.05) is 11.1 Å². The Bertz CT molecular complexity index is 675. The minimum absolute atomic E-state index is 0.0897. The summed E-state index contributed by atoms with van der Waals surface area (Å²) in [6, 6.07) is 14.0. The van der Waals surface area contributed by atoms with Gasteiger partial charge in [0.25, 0.3) is 0 Å². The molecule has 0 fully saturated rings. The highest BCUT2D eigenvalue weighted by Gasteiger charge is 2.21. The van der Waals surface area contributed by atoms with Crippen LogP contribution >= 0.6 is 0 Å². The summed E-state index contributed by atoms with van der Waals surface area (Å²) in [5, 5.41) is 9.44. The normalized spacial score (nSPS) is 10.5. The first-order chi connectivity index (χ1) is 11.1. The Hall–Kier alpha value is -2.42. The van der Waals surface area contributed by atoms with Crippen LogP contribution < -0.4 is 0 Å². The summed E-state index contributed by atoms with van der Waals surface area (Å²) in [4.78, 5) is 24.4. The number of aromatic carboxylic acids is 1. The number of carbonyl (C=O) groups is 2. The lowest BCUT2D eigenvalue weighted by atomic mass is 9.91. The zero-order chi connectivity index (χ0) is 16.7. The number of ketones is 1. The zero-order valence-electron chi connectivity index (χ0n) is 13.4. The number of carboxylic acid groups (broad SMARTS) is 1. The van der Waals surface area contributed by atoms with Gasteiger partial charge in [0.05, 0.1) is 5.56 Å². The molecule has 0 unspecified atom stereocenters. The van der Waals surface area contributed by atoms with Gasteiger partial charge >= 0.3 is 5.97 Å². The van der Waals surface area contributed by atoms with E-state index in [1.807, 2.05) is 12.1 Å². The molecule has 0 amide bonds. The van der Waals surface area contributed by atoms with Gasteiger partial charge in [-0.1, -0.05) is 68.7 Å². The van der Waals surface area contributed by atoms with Gasteiger partial charge in [-0.05, 0) is 24.5 Å². The number of rotatable bonds is 8. The van der Waals surface area contributed by atoms with E-state index in [4.69, 9.17) is 0 Å². The molecule has 0 aromatic heterocycles. The molecule has 0 bridgehead atoms. The van der Waals surface area contributed by atoms with Crippen LogP contribution in [0, 0.1) is 0 Å². The summed E-state index contributed by atoms with van der Waals surface area (Å²) >= 11 is 0. The van der Waals surface area contributed by atoms with Gasteiger partial charge in [-0.25, -0.2) is 4.79 Å². The van der Waals surface area contributed by atoms with Gasteiger partial charge < -0.3 is 5.11 Å². The Kier molecular flexibility index (Phi) is 6.10. The maximum Gasteiger partial charge on any atom is 0.336 e. The maximum atomic E-state index is 12.8. The van der Waals surface area contributed by atoms with E-state index >= 15 is 0 Å². The van der Waals surface area contributed by atoms with Crippen molar-refractivity contribution in [3.8, 4) is 0 Å². The Morgan fingerprint density at radius 3 is 2.30 bits per heavy atom. The van der Waals surface area contributed by atoms with Gasteiger partial charge in [0.15, 0.2) is 5.78 Å². The summed E-state index contributed by atoms with van der Waals surface area (Å²) in [6.07, 6.45) is 5.08. The first-order valence-electron chi connectivity index (χ1n) is 8.10. The van der Waals surface area contributed by atoms with E-state index in [0.717, 1.165) is 37.7 Å². The molecule has 0 spiro atoms. The molecule has 0 aliphatic carbocycles. The lowest BCUT2D eigenvalue weighted by molar-refractivity contribution is 0.0692. The van der Waals surface area contributed by atoms with Gasteiger partial charge in [0.2, 0.25) is 0 Å². The van der Waals surface area contributed by atoms with E-state index in [2.05, 4.69) is 6.92 Å². The molecule has 2 rings (SSSR count). The first-order valence-corrected chi connectivity index (χ1v) is 8.10. The SMILES string of the molecule is CCCCCCc1cccc(C(=O)O)c1C(=O)c1ccccc1. The fraction of sp³-hybridized carbons (Fsp3) is 0.300. The van der Waals surface area contributed by atoms with E-state index < -0.39 is 5.97 Å². The second-order valence-electron chi connectivity index (χ2n) is 5.65. The van der Waals surface area contributed by atoms with E-state index in [-0.39, 0.29) is 11.3 Å². The third-order valence-electron chi connectivity index (χ3n) is 3.94. The second kappa shape index (κ2) is 8.28. The Morgan fingerprint density at radius 2 is 1.65 bits per heavy atom. The van der Waals surface area contributed by atoms with E-state index in [1.54, 1.807) is 30.3 Å². The molecule has 0 aliphatic rings. The van der Waals surface area contributed by atoms with Gasteiger partial charge in [-0.2, -0.15) is 0 Å². The van der Waals surface area contributed by atoms with Crippen LogP contribution in [-0.2, 0) is 6.42 Å². The van der Waals surface area contributed by atoms with Crippen molar-refractivity contribution in [3.63, 3.8) is 0 Å². The minimum Gasteiger partial charge on any atom is -0.478 e. The number of hydrogen-bond donors (Lipinski definition) is 1. The highest BCUT2D eigenvalue weighted by Crippen LogP contribution is 2.22. The van der Waals surface area contributed by atoms with Crippen molar-refractivity contribution >= 4 is 11.8 Å². The molecule has 0 heterocycles. The van der Waals surface area contributed by atoms with Crippen molar-refractivity contribution in [1.29, 1.82) is 0 Å². The van der Waals surface area contributed by atoms with Crippen LogP contribution in [0.5, 0.6) is 0 Å². The number of benzene rings is 2. The Balaban J connectivity index is 2.37. The van der Waals surface area contributed by atoms with Crippen molar-refractivity contribution in [3.05, 3.63) is 70.8 Å². The minimum atomic E-state index is -1.06. The Labute approximate surface area is 137 Å². The molecular weight excluding hydrogens is 288 g/mol.